The quantitative estimate of drug-likeness (QED) is 0.735. The Kier molecular flexibility index (Phi) is 4.05. The summed E-state index contributed by atoms with van der Waals surface area (Å²) in [7, 11) is 1.71. The lowest BCUT2D eigenvalue weighted by molar-refractivity contribution is -0.138. The van der Waals surface area contributed by atoms with Crippen molar-refractivity contribution >= 4 is 5.97 Å². The molecule has 0 atom stereocenters. The van der Waals surface area contributed by atoms with E-state index in [0.717, 1.165) is 0 Å². The van der Waals surface area contributed by atoms with E-state index in [0.29, 0.717) is 13.1 Å². The van der Waals surface area contributed by atoms with Gasteiger partial charge in [0.25, 0.3) is 5.56 Å². The van der Waals surface area contributed by atoms with Crippen molar-refractivity contribution in [3.63, 3.8) is 0 Å². The molecule has 0 unspecified atom stereocenters. The number of aliphatic carboxylic acids is 1. The SMILES string of the molecule is CN(CCn1ccccc1=O)CC(=O)O. The maximum absolute atomic E-state index is 11.3. The predicted octanol–water partition coefficient (Wildman–Crippen LogP) is -0.135. The highest BCUT2D eigenvalue weighted by Gasteiger charge is 2.03. The van der Waals surface area contributed by atoms with Crippen molar-refractivity contribution in [2.24, 2.45) is 0 Å². The van der Waals surface area contributed by atoms with Gasteiger partial charge < -0.3 is 9.67 Å². The molecule has 1 aromatic heterocycles. The van der Waals surface area contributed by atoms with Gasteiger partial charge >= 0.3 is 5.97 Å². The molecule has 82 valence electrons. The molecule has 0 fully saturated rings. The lowest BCUT2D eigenvalue weighted by Gasteiger charge is -2.14. The van der Waals surface area contributed by atoms with E-state index in [9.17, 15) is 9.59 Å². The number of rotatable bonds is 5. The summed E-state index contributed by atoms with van der Waals surface area (Å²) in [6.45, 7) is 1.03. The first kappa shape index (κ1) is 11.5. The summed E-state index contributed by atoms with van der Waals surface area (Å²) < 4.78 is 1.55. The molecule has 0 aliphatic heterocycles. The normalized spacial score (nSPS) is 10.5. The zero-order valence-electron chi connectivity index (χ0n) is 8.59. The first-order chi connectivity index (χ1) is 7.09. The highest BCUT2D eigenvalue weighted by atomic mass is 16.4. The number of nitrogens with zero attached hydrogens (tertiary/aromatic N) is 2. The van der Waals surface area contributed by atoms with E-state index in [1.165, 1.54) is 6.07 Å². The van der Waals surface area contributed by atoms with Gasteiger partial charge in [0.1, 0.15) is 0 Å². The third-order valence-corrected chi connectivity index (χ3v) is 2.03. The van der Waals surface area contributed by atoms with Crippen LogP contribution in [0.15, 0.2) is 29.2 Å². The van der Waals surface area contributed by atoms with E-state index in [2.05, 4.69) is 0 Å². The highest BCUT2D eigenvalue weighted by molar-refractivity contribution is 5.68. The number of likely N-dealkylation sites (N-methyl/N-ethyl adjacent to an activating group) is 1. The molecule has 0 aliphatic rings. The molecule has 1 rings (SSSR count). The molecule has 15 heavy (non-hydrogen) atoms. The summed E-state index contributed by atoms with van der Waals surface area (Å²) in [5.74, 6) is -0.863. The standard InChI is InChI=1S/C10H14N2O3/c1-11(8-10(14)15)6-7-12-5-3-2-4-9(12)13/h2-5H,6-8H2,1H3,(H,14,15). The number of carbonyl (C=O) groups is 1. The van der Waals surface area contributed by atoms with Crippen LogP contribution < -0.4 is 5.56 Å². The molecule has 0 saturated carbocycles. The van der Waals surface area contributed by atoms with Crippen LogP contribution in [-0.4, -0.2) is 40.7 Å². The van der Waals surface area contributed by atoms with Gasteiger partial charge in [0.15, 0.2) is 0 Å². The second-order valence-corrected chi connectivity index (χ2v) is 3.36. The van der Waals surface area contributed by atoms with Crippen LogP contribution in [0.4, 0.5) is 0 Å². The third kappa shape index (κ3) is 3.95. The Morgan fingerprint density at radius 2 is 2.27 bits per heavy atom. The third-order valence-electron chi connectivity index (χ3n) is 2.03. The molecule has 0 aliphatic carbocycles. The van der Waals surface area contributed by atoms with Gasteiger partial charge in [0.05, 0.1) is 6.54 Å². The van der Waals surface area contributed by atoms with Crippen molar-refractivity contribution in [1.82, 2.24) is 9.47 Å². The predicted molar refractivity (Wildman–Crippen MR) is 55.8 cm³/mol. The Balaban J connectivity index is 2.47. The maximum atomic E-state index is 11.3. The number of carboxylic acid groups (broad SMARTS) is 1. The second-order valence-electron chi connectivity index (χ2n) is 3.36. The molecule has 1 aromatic rings. The lowest BCUT2D eigenvalue weighted by atomic mass is 10.4. The Morgan fingerprint density at radius 3 is 2.87 bits per heavy atom. The minimum Gasteiger partial charge on any atom is -0.480 e. The Labute approximate surface area is 87.6 Å². The molecule has 1 heterocycles. The summed E-state index contributed by atoms with van der Waals surface area (Å²) >= 11 is 0. The molecular formula is C10H14N2O3. The maximum Gasteiger partial charge on any atom is 0.317 e. The fraction of sp³-hybridized carbons (Fsp3) is 0.400. The summed E-state index contributed by atoms with van der Waals surface area (Å²) in [4.78, 5) is 23.3. The van der Waals surface area contributed by atoms with Crippen molar-refractivity contribution in [3.8, 4) is 0 Å². The van der Waals surface area contributed by atoms with Crippen LogP contribution in [0.1, 0.15) is 0 Å². The monoisotopic (exact) mass is 210 g/mol. The van der Waals surface area contributed by atoms with Crippen molar-refractivity contribution < 1.29 is 9.90 Å². The second kappa shape index (κ2) is 5.31. The summed E-state index contributed by atoms with van der Waals surface area (Å²) in [6.07, 6.45) is 1.69. The number of aromatic nitrogens is 1. The molecule has 1 N–H and O–H groups in total. The van der Waals surface area contributed by atoms with E-state index in [-0.39, 0.29) is 12.1 Å². The molecule has 0 radical (unpaired) electrons. The number of pyridine rings is 1. The van der Waals surface area contributed by atoms with Gasteiger partial charge in [0, 0.05) is 25.4 Å². The van der Waals surface area contributed by atoms with Gasteiger partial charge in [-0.05, 0) is 13.1 Å². The van der Waals surface area contributed by atoms with Crippen LogP contribution in [0.2, 0.25) is 0 Å². The Bertz CT molecular complexity index is 386. The van der Waals surface area contributed by atoms with Gasteiger partial charge in [-0.25, -0.2) is 0 Å². The van der Waals surface area contributed by atoms with E-state index in [1.54, 1.807) is 34.8 Å². The van der Waals surface area contributed by atoms with E-state index in [4.69, 9.17) is 5.11 Å². The Morgan fingerprint density at radius 1 is 1.53 bits per heavy atom. The lowest BCUT2D eigenvalue weighted by Crippen LogP contribution is -2.31. The molecule has 5 nitrogen and oxygen atoms in total. The molecule has 0 spiro atoms. The van der Waals surface area contributed by atoms with Crippen molar-refractivity contribution in [3.05, 3.63) is 34.7 Å². The summed E-state index contributed by atoms with van der Waals surface area (Å²) in [6, 6.07) is 4.94. The topological polar surface area (TPSA) is 62.5 Å². The van der Waals surface area contributed by atoms with Gasteiger partial charge in [-0.2, -0.15) is 0 Å². The minimum atomic E-state index is -0.863. The zero-order valence-corrected chi connectivity index (χ0v) is 8.59. The van der Waals surface area contributed by atoms with E-state index >= 15 is 0 Å². The molecule has 5 heteroatoms. The van der Waals surface area contributed by atoms with Crippen LogP contribution >= 0.6 is 0 Å². The molecule has 0 bridgehead atoms. The number of carboxylic acids is 1. The van der Waals surface area contributed by atoms with Crippen molar-refractivity contribution in [2.45, 2.75) is 6.54 Å². The van der Waals surface area contributed by atoms with Crippen LogP contribution in [0.25, 0.3) is 0 Å². The smallest absolute Gasteiger partial charge is 0.317 e. The number of hydrogen-bond acceptors (Lipinski definition) is 3. The van der Waals surface area contributed by atoms with Gasteiger partial charge in [0.2, 0.25) is 0 Å². The Hall–Kier alpha value is -1.62. The molecule has 0 saturated heterocycles. The highest BCUT2D eigenvalue weighted by Crippen LogP contribution is 1.86. The van der Waals surface area contributed by atoms with Crippen LogP contribution in [0.3, 0.4) is 0 Å². The largest absolute Gasteiger partial charge is 0.480 e. The van der Waals surface area contributed by atoms with E-state index in [1.807, 2.05) is 0 Å². The average molecular weight is 210 g/mol. The first-order valence-electron chi connectivity index (χ1n) is 4.65. The van der Waals surface area contributed by atoms with Crippen molar-refractivity contribution in [2.75, 3.05) is 20.1 Å². The number of hydrogen-bond donors (Lipinski definition) is 1. The van der Waals surface area contributed by atoms with Gasteiger partial charge in [-0.15, -0.1) is 0 Å². The van der Waals surface area contributed by atoms with Gasteiger partial charge in [-0.3, -0.25) is 14.5 Å². The summed E-state index contributed by atoms with van der Waals surface area (Å²) in [5, 5.41) is 8.53. The van der Waals surface area contributed by atoms with Crippen LogP contribution in [0, 0.1) is 0 Å². The van der Waals surface area contributed by atoms with Crippen molar-refractivity contribution in [1.29, 1.82) is 0 Å². The van der Waals surface area contributed by atoms with Crippen LogP contribution in [0.5, 0.6) is 0 Å². The zero-order chi connectivity index (χ0) is 11.3. The first-order valence-corrected chi connectivity index (χ1v) is 4.65. The fourth-order valence-corrected chi connectivity index (χ4v) is 1.23. The molecule has 0 aromatic carbocycles. The van der Waals surface area contributed by atoms with Crippen LogP contribution in [-0.2, 0) is 11.3 Å². The minimum absolute atomic E-state index is 0.0123. The summed E-state index contributed by atoms with van der Waals surface area (Å²) in [5.41, 5.74) is -0.0683. The fourth-order valence-electron chi connectivity index (χ4n) is 1.23. The molecule has 0 amide bonds. The van der Waals surface area contributed by atoms with E-state index < -0.39 is 5.97 Å². The average Bonchev–Trinajstić information content (AvgIpc) is 2.15. The van der Waals surface area contributed by atoms with Gasteiger partial charge in [-0.1, -0.05) is 6.07 Å². The molecular weight excluding hydrogens is 196 g/mol.